The first-order chi connectivity index (χ1) is 9.16. The maximum Gasteiger partial charge on any atom is 0.336 e. The van der Waals surface area contributed by atoms with Crippen LogP contribution in [0, 0.1) is 0 Å². The van der Waals surface area contributed by atoms with Crippen molar-refractivity contribution in [2.45, 2.75) is 6.42 Å². The largest absolute Gasteiger partial charge is 0.492 e. The molecule has 0 saturated carbocycles. The van der Waals surface area contributed by atoms with Crippen molar-refractivity contribution >= 4 is 17.6 Å². The van der Waals surface area contributed by atoms with Crippen molar-refractivity contribution in [2.75, 3.05) is 6.61 Å². The summed E-state index contributed by atoms with van der Waals surface area (Å²) < 4.78 is 5.62. The second-order valence-electron chi connectivity index (χ2n) is 4.39. The number of halogens is 1. The van der Waals surface area contributed by atoms with Gasteiger partial charge in [-0.3, -0.25) is 0 Å². The summed E-state index contributed by atoms with van der Waals surface area (Å²) in [6.45, 7) is 0.634. The van der Waals surface area contributed by atoms with E-state index in [1.54, 1.807) is 12.1 Å². The third-order valence-corrected chi connectivity index (χ3v) is 3.45. The Bertz CT molecular complexity index is 664. The first-order valence-corrected chi connectivity index (χ1v) is 6.32. The van der Waals surface area contributed by atoms with Crippen LogP contribution in [0.4, 0.5) is 0 Å². The highest BCUT2D eigenvalue weighted by Crippen LogP contribution is 2.39. The Labute approximate surface area is 115 Å². The Morgan fingerprint density at radius 3 is 2.84 bits per heavy atom. The lowest BCUT2D eigenvalue weighted by Gasteiger charge is -2.11. The zero-order valence-electron chi connectivity index (χ0n) is 10.0. The molecule has 4 heteroatoms. The number of fused-ring (bicyclic) bond motifs is 1. The van der Waals surface area contributed by atoms with Crippen LogP contribution in [0.1, 0.15) is 15.9 Å². The predicted octanol–water partition coefficient (Wildman–Crippen LogP) is 3.64. The first kappa shape index (κ1) is 12.1. The van der Waals surface area contributed by atoms with Crippen LogP contribution in [-0.2, 0) is 6.42 Å². The molecular weight excluding hydrogens is 264 g/mol. The monoisotopic (exact) mass is 274 g/mol. The summed E-state index contributed by atoms with van der Waals surface area (Å²) in [5.74, 6) is -0.200. The van der Waals surface area contributed by atoms with Crippen LogP contribution in [0.25, 0.3) is 11.1 Å². The molecule has 96 valence electrons. The van der Waals surface area contributed by atoms with Crippen LogP contribution in [0.3, 0.4) is 0 Å². The molecule has 19 heavy (non-hydrogen) atoms. The minimum atomic E-state index is -0.970. The minimum Gasteiger partial charge on any atom is -0.492 e. The van der Waals surface area contributed by atoms with Gasteiger partial charge in [-0.25, -0.2) is 4.79 Å². The number of carboxylic acids is 1. The van der Waals surface area contributed by atoms with Crippen LogP contribution < -0.4 is 4.74 Å². The van der Waals surface area contributed by atoms with Crippen molar-refractivity contribution < 1.29 is 14.6 Å². The van der Waals surface area contributed by atoms with E-state index in [2.05, 4.69) is 0 Å². The van der Waals surface area contributed by atoms with Crippen LogP contribution in [0.5, 0.6) is 5.75 Å². The lowest BCUT2D eigenvalue weighted by atomic mass is 9.97. The Kier molecular flexibility index (Phi) is 2.91. The minimum absolute atomic E-state index is 0.230. The van der Waals surface area contributed by atoms with Crippen molar-refractivity contribution in [1.29, 1.82) is 0 Å². The lowest BCUT2D eigenvalue weighted by Crippen LogP contribution is -2.00. The Morgan fingerprint density at radius 2 is 2.05 bits per heavy atom. The lowest BCUT2D eigenvalue weighted by molar-refractivity contribution is 0.0698. The van der Waals surface area contributed by atoms with Gasteiger partial charge in [-0.1, -0.05) is 29.8 Å². The predicted molar refractivity (Wildman–Crippen MR) is 73.0 cm³/mol. The molecule has 0 unspecified atom stereocenters. The van der Waals surface area contributed by atoms with Crippen molar-refractivity contribution in [1.82, 2.24) is 0 Å². The topological polar surface area (TPSA) is 46.5 Å². The van der Waals surface area contributed by atoms with Crippen LogP contribution in [-0.4, -0.2) is 17.7 Å². The van der Waals surface area contributed by atoms with E-state index in [1.807, 2.05) is 18.2 Å². The van der Waals surface area contributed by atoms with E-state index in [1.165, 1.54) is 6.07 Å². The van der Waals surface area contributed by atoms with E-state index in [4.69, 9.17) is 16.3 Å². The number of para-hydroxylation sites is 1. The molecule has 0 aromatic heterocycles. The summed E-state index contributed by atoms with van der Waals surface area (Å²) in [6.07, 6.45) is 0.853. The number of ether oxygens (including phenoxy) is 1. The fourth-order valence-electron chi connectivity index (χ4n) is 2.35. The highest BCUT2D eigenvalue weighted by molar-refractivity contribution is 6.31. The number of carboxylic acid groups (broad SMARTS) is 1. The van der Waals surface area contributed by atoms with Gasteiger partial charge < -0.3 is 9.84 Å². The van der Waals surface area contributed by atoms with E-state index in [-0.39, 0.29) is 5.56 Å². The summed E-state index contributed by atoms with van der Waals surface area (Å²) in [4.78, 5) is 11.3. The summed E-state index contributed by atoms with van der Waals surface area (Å²) in [6, 6.07) is 10.5. The van der Waals surface area contributed by atoms with Gasteiger partial charge in [-0.15, -0.1) is 0 Å². The molecule has 1 aliphatic heterocycles. The maximum atomic E-state index is 11.3. The van der Waals surface area contributed by atoms with Gasteiger partial charge in [0.05, 0.1) is 12.2 Å². The fourth-order valence-corrected chi connectivity index (χ4v) is 2.53. The van der Waals surface area contributed by atoms with Crippen LogP contribution in [0.15, 0.2) is 36.4 Å². The molecule has 1 aliphatic rings. The number of rotatable bonds is 2. The molecule has 0 bridgehead atoms. The Balaban J connectivity index is 2.25. The molecule has 0 fully saturated rings. The van der Waals surface area contributed by atoms with Crippen molar-refractivity contribution in [3.05, 3.63) is 52.5 Å². The van der Waals surface area contributed by atoms with E-state index in [0.29, 0.717) is 17.2 Å². The van der Waals surface area contributed by atoms with Crippen molar-refractivity contribution in [3.63, 3.8) is 0 Å². The molecule has 1 heterocycles. The zero-order valence-corrected chi connectivity index (χ0v) is 10.8. The molecular formula is C15H11ClO3. The zero-order chi connectivity index (χ0) is 13.4. The van der Waals surface area contributed by atoms with Gasteiger partial charge in [0, 0.05) is 22.6 Å². The maximum absolute atomic E-state index is 11.3. The average molecular weight is 275 g/mol. The molecule has 3 rings (SSSR count). The number of aromatic carboxylic acids is 1. The summed E-state index contributed by atoms with van der Waals surface area (Å²) in [5.41, 5.74) is 2.72. The quantitative estimate of drug-likeness (QED) is 0.909. The van der Waals surface area contributed by atoms with E-state index in [9.17, 15) is 9.90 Å². The van der Waals surface area contributed by atoms with Crippen LogP contribution >= 0.6 is 11.6 Å². The molecule has 0 saturated heterocycles. The number of benzene rings is 2. The number of hydrogen-bond donors (Lipinski definition) is 1. The second-order valence-corrected chi connectivity index (χ2v) is 4.82. The molecule has 1 N–H and O–H groups in total. The molecule has 0 aliphatic carbocycles. The number of carbonyl (C=O) groups is 1. The highest BCUT2D eigenvalue weighted by Gasteiger charge is 2.20. The van der Waals surface area contributed by atoms with Gasteiger partial charge in [-0.2, -0.15) is 0 Å². The molecule has 0 atom stereocenters. The molecule has 3 nitrogen and oxygen atoms in total. The summed E-state index contributed by atoms with van der Waals surface area (Å²) >= 11 is 5.99. The number of hydrogen-bond acceptors (Lipinski definition) is 2. The smallest absolute Gasteiger partial charge is 0.336 e. The average Bonchev–Trinajstić information content (AvgIpc) is 2.86. The van der Waals surface area contributed by atoms with Crippen molar-refractivity contribution in [2.24, 2.45) is 0 Å². The molecule has 0 radical (unpaired) electrons. The SMILES string of the molecule is O=C(O)c1ccc(Cl)cc1-c1cccc2c1OCC2. The van der Waals surface area contributed by atoms with Gasteiger partial charge in [0.15, 0.2) is 0 Å². The molecule has 2 aromatic carbocycles. The first-order valence-electron chi connectivity index (χ1n) is 5.95. The third kappa shape index (κ3) is 2.06. The van der Waals surface area contributed by atoms with E-state index >= 15 is 0 Å². The molecule has 0 amide bonds. The normalized spacial score (nSPS) is 12.9. The van der Waals surface area contributed by atoms with E-state index in [0.717, 1.165) is 23.3 Å². The fraction of sp³-hybridized carbons (Fsp3) is 0.133. The Hall–Kier alpha value is -2.00. The van der Waals surface area contributed by atoms with Gasteiger partial charge in [0.2, 0.25) is 0 Å². The summed E-state index contributed by atoms with van der Waals surface area (Å²) in [5, 5.41) is 9.79. The highest BCUT2D eigenvalue weighted by atomic mass is 35.5. The van der Waals surface area contributed by atoms with Gasteiger partial charge in [-0.05, 0) is 23.8 Å². The molecule has 0 spiro atoms. The van der Waals surface area contributed by atoms with Gasteiger partial charge >= 0.3 is 5.97 Å². The van der Waals surface area contributed by atoms with Gasteiger partial charge in [0.1, 0.15) is 5.75 Å². The standard InChI is InChI=1S/C15H11ClO3/c16-10-4-5-12(15(17)18)13(8-10)11-3-1-2-9-6-7-19-14(9)11/h1-5,8H,6-7H2,(H,17,18). The third-order valence-electron chi connectivity index (χ3n) is 3.22. The Morgan fingerprint density at radius 1 is 1.21 bits per heavy atom. The summed E-state index contributed by atoms with van der Waals surface area (Å²) in [7, 11) is 0. The van der Waals surface area contributed by atoms with Gasteiger partial charge in [0.25, 0.3) is 0 Å². The second kappa shape index (κ2) is 4.59. The van der Waals surface area contributed by atoms with Crippen LogP contribution in [0.2, 0.25) is 5.02 Å². The van der Waals surface area contributed by atoms with E-state index < -0.39 is 5.97 Å². The van der Waals surface area contributed by atoms with Crippen molar-refractivity contribution in [3.8, 4) is 16.9 Å². The molecule has 2 aromatic rings.